The summed E-state index contributed by atoms with van der Waals surface area (Å²) in [5, 5.41) is 12.4. The molecule has 4 heteroatoms. The Kier molecular flexibility index (Phi) is 6.10. The predicted octanol–water partition coefficient (Wildman–Crippen LogP) is 3.44. The maximum absolute atomic E-state index is 12.7. The SMILES string of the molecule is CC(O)CC(C)(C)CNC(=O)c1ccccc1C(=O)c1ccccc1. The van der Waals surface area contributed by atoms with E-state index in [4.69, 9.17) is 0 Å². The monoisotopic (exact) mass is 339 g/mol. The highest BCUT2D eigenvalue weighted by molar-refractivity contribution is 6.15. The second-order valence-electron chi connectivity index (χ2n) is 7.14. The molecule has 0 radical (unpaired) electrons. The van der Waals surface area contributed by atoms with Crippen LogP contribution < -0.4 is 5.32 Å². The van der Waals surface area contributed by atoms with Gasteiger partial charge in [-0.1, -0.05) is 62.4 Å². The standard InChI is InChI=1S/C21H25NO3/c1-15(23)13-21(2,3)14-22-20(25)18-12-8-7-11-17(18)19(24)16-9-5-4-6-10-16/h4-12,15,23H,13-14H2,1-3H3,(H,22,25). The molecule has 4 nitrogen and oxygen atoms in total. The molecule has 0 fully saturated rings. The summed E-state index contributed by atoms with van der Waals surface area (Å²) in [4.78, 5) is 25.3. The number of rotatable bonds is 7. The zero-order chi connectivity index (χ0) is 18.4. The van der Waals surface area contributed by atoms with E-state index in [1.165, 1.54) is 0 Å². The Bertz CT molecular complexity index is 736. The minimum atomic E-state index is -0.432. The molecule has 2 N–H and O–H groups in total. The quantitative estimate of drug-likeness (QED) is 0.759. The van der Waals surface area contributed by atoms with Crippen LogP contribution in [0.25, 0.3) is 0 Å². The van der Waals surface area contributed by atoms with E-state index in [9.17, 15) is 14.7 Å². The van der Waals surface area contributed by atoms with Crippen molar-refractivity contribution in [3.8, 4) is 0 Å². The molecule has 1 atom stereocenters. The van der Waals surface area contributed by atoms with Crippen LogP contribution in [0.4, 0.5) is 0 Å². The fraction of sp³-hybridized carbons (Fsp3) is 0.333. The van der Waals surface area contributed by atoms with Gasteiger partial charge in [0.15, 0.2) is 5.78 Å². The fourth-order valence-electron chi connectivity index (χ4n) is 2.91. The van der Waals surface area contributed by atoms with Crippen molar-refractivity contribution in [1.82, 2.24) is 5.32 Å². The Morgan fingerprint density at radius 3 is 2.16 bits per heavy atom. The molecule has 2 aromatic rings. The van der Waals surface area contributed by atoms with Gasteiger partial charge in [-0.3, -0.25) is 9.59 Å². The molecular formula is C21H25NO3. The molecule has 0 aliphatic carbocycles. The Hall–Kier alpha value is -2.46. The summed E-state index contributed by atoms with van der Waals surface area (Å²) in [5.74, 6) is -0.451. The summed E-state index contributed by atoms with van der Waals surface area (Å²) in [7, 11) is 0. The molecular weight excluding hydrogens is 314 g/mol. The first-order valence-corrected chi connectivity index (χ1v) is 8.45. The lowest BCUT2D eigenvalue weighted by Gasteiger charge is -2.26. The van der Waals surface area contributed by atoms with E-state index in [-0.39, 0.29) is 17.1 Å². The van der Waals surface area contributed by atoms with Gasteiger partial charge in [-0.2, -0.15) is 0 Å². The maximum Gasteiger partial charge on any atom is 0.252 e. The average molecular weight is 339 g/mol. The molecule has 0 saturated heterocycles. The van der Waals surface area contributed by atoms with Crippen molar-refractivity contribution in [3.05, 3.63) is 71.3 Å². The number of aliphatic hydroxyl groups is 1. The molecule has 1 amide bonds. The number of amides is 1. The summed E-state index contributed by atoms with van der Waals surface area (Å²) in [6.45, 7) is 6.13. The topological polar surface area (TPSA) is 66.4 Å². The van der Waals surface area contributed by atoms with Crippen molar-refractivity contribution in [3.63, 3.8) is 0 Å². The molecule has 0 spiro atoms. The maximum atomic E-state index is 12.7. The number of aliphatic hydroxyl groups excluding tert-OH is 1. The van der Waals surface area contributed by atoms with Gasteiger partial charge in [0.2, 0.25) is 0 Å². The Labute approximate surface area is 148 Å². The van der Waals surface area contributed by atoms with Gasteiger partial charge < -0.3 is 10.4 Å². The number of hydrogen-bond acceptors (Lipinski definition) is 3. The lowest BCUT2D eigenvalue weighted by molar-refractivity contribution is 0.0895. The normalized spacial score (nSPS) is 12.5. The number of carbonyl (C=O) groups is 2. The third-order valence-electron chi connectivity index (χ3n) is 4.03. The van der Waals surface area contributed by atoms with Crippen LogP contribution in [-0.2, 0) is 0 Å². The van der Waals surface area contributed by atoms with E-state index in [2.05, 4.69) is 5.32 Å². The first-order valence-electron chi connectivity index (χ1n) is 8.45. The fourth-order valence-corrected chi connectivity index (χ4v) is 2.91. The van der Waals surface area contributed by atoms with E-state index in [0.29, 0.717) is 29.7 Å². The minimum Gasteiger partial charge on any atom is -0.393 e. The first kappa shape index (κ1) is 18.9. The van der Waals surface area contributed by atoms with Gasteiger partial charge in [-0.25, -0.2) is 0 Å². The molecule has 0 saturated carbocycles. The third kappa shape index (κ3) is 5.26. The summed E-state index contributed by atoms with van der Waals surface area (Å²) in [6.07, 6.45) is 0.150. The van der Waals surface area contributed by atoms with E-state index >= 15 is 0 Å². The average Bonchev–Trinajstić information content (AvgIpc) is 2.59. The molecule has 0 aromatic heterocycles. The zero-order valence-electron chi connectivity index (χ0n) is 15.0. The van der Waals surface area contributed by atoms with Crippen molar-refractivity contribution < 1.29 is 14.7 Å². The summed E-state index contributed by atoms with van der Waals surface area (Å²) < 4.78 is 0. The molecule has 2 rings (SSSR count). The first-order chi connectivity index (χ1) is 11.8. The highest BCUT2D eigenvalue weighted by Gasteiger charge is 2.23. The van der Waals surface area contributed by atoms with Crippen LogP contribution in [0.1, 0.15) is 53.5 Å². The number of ketones is 1. The van der Waals surface area contributed by atoms with E-state index in [1.54, 1.807) is 55.5 Å². The van der Waals surface area contributed by atoms with Crippen LogP contribution in [0.3, 0.4) is 0 Å². The summed E-state index contributed by atoms with van der Waals surface area (Å²) in [5.41, 5.74) is 1.07. The molecule has 0 heterocycles. The van der Waals surface area contributed by atoms with Crippen molar-refractivity contribution in [2.45, 2.75) is 33.3 Å². The van der Waals surface area contributed by atoms with Crippen molar-refractivity contribution >= 4 is 11.7 Å². The van der Waals surface area contributed by atoms with Gasteiger partial charge in [-0.15, -0.1) is 0 Å². The van der Waals surface area contributed by atoms with Gasteiger partial charge >= 0.3 is 0 Å². The Morgan fingerprint density at radius 2 is 1.56 bits per heavy atom. The molecule has 0 aliphatic rings. The highest BCUT2D eigenvalue weighted by atomic mass is 16.3. The lowest BCUT2D eigenvalue weighted by atomic mass is 9.87. The Morgan fingerprint density at radius 1 is 1.00 bits per heavy atom. The predicted molar refractivity (Wildman–Crippen MR) is 98.7 cm³/mol. The van der Waals surface area contributed by atoms with Crippen LogP contribution >= 0.6 is 0 Å². The van der Waals surface area contributed by atoms with Gasteiger partial charge in [0.1, 0.15) is 0 Å². The second-order valence-corrected chi connectivity index (χ2v) is 7.14. The lowest BCUT2D eigenvalue weighted by Crippen LogP contribution is -2.36. The zero-order valence-corrected chi connectivity index (χ0v) is 15.0. The van der Waals surface area contributed by atoms with Crippen LogP contribution in [0.15, 0.2) is 54.6 Å². The molecule has 132 valence electrons. The summed E-state index contributed by atoms with van der Waals surface area (Å²) >= 11 is 0. The third-order valence-corrected chi connectivity index (χ3v) is 4.03. The highest BCUT2D eigenvalue weighted by Crippen LogP contribution is 2.22. The van der Waals surface area contributed by atoms with E-state index in [1.807, 2.05) is 19.9 Å². The van der Waals surface area contributed by atoms with Crippen molar-refractivity contribution in [2.24, 2.45) is 5.41 Å². The van der Waals surface area contributed by atoms with E-state index in [0.717, 1.165) is 0 Å². The van der Waals surface area contributed by atoms with E-state index < -0.39 is 6.10 Å². The summed E-state index contributed by atoms with van der Waals surface area (Å²) in [6, 6.07) is 15.8. The van der Waals surface area contributed by atoms with Crippen LogP contribution in [0, 0.1) is 5.41 Å². The molecule has 2 aromatic carbocycles. The molecule has 0 bridgehead atoms. The number of nitrogens with one attached hydrogen (secondary N) is 1. The smallest absolute Gasteiger partial charge is 0.252 e. The minimum absolute atomic E-state index is 0.172. The van der Waals surface area contributed by atoms with Gasteiger partial charge in [0.25, 0.3) is 5.91 Å². The number of hydrogen-bond donors (Lipinski definition) is 2. The van der Waals surface area contributed by atoms with Crippen LogP contribution in [0.5, 0.6) is 0 Å². The van der Waals surface area contributed by atoms with Crippen LogP contribution in [0.2, 0.25) is 0 Å². The molecule has 25 heavy (non-hydrogen) atoms. The molecule has 1 unspecified atom stereocenters. The number of benzene rings is 2. The van der Waals surface area contributed by atoms with Crippen LogP contribution in [-0.4, -0.2) is 29.4 Å². The van der Waals surface area contributed by atoms with Crippen molar-refractivity contribution in [2.75, 3.05) is 6.54 Å². The van der Waals surface area contributed by atoms with Gasteiger partial charge in [0.05, 0.1) is 11.7 Å². The second kappa shape index (κ2) is 8.08. The molecule has 0 aliphatic heterocycles. The van der Waals surface area contributed by atoms with Gasteiger partial charge in [-0.05, 0) is 24.8 Å². The largest absolute Gasteiger partial charge is 0.393 e. The van der Waals surface area contributed by atoms with Gasteiger partial charge in [0, 0.05) is 17.7 Å². The number of carbonyl (C=O) groups excluding carboxylic acids is 2. The van der Waals surface area contributed by atoms with Crippen molar-refractivity contribution in [1.29, 1.82) is 0 Å². The Balaban J connectivity index is 2.17.